The van der Waals surface area contributed by atoms with E-state index in [0.29, 0.717) is 22.1 Å². The molecule has 0 fully saturated rings. The fraction of sp³-hybridized carbons (Fsp3) is 0.167. The smallest absolute Gasteiger partial charge is 0.251 e. The summed E-state index contributed by atoms with van der Waals surface area (Å²) in [6.45, 7) is 1.80. The zero-order valence-electron chi connectivity index (χ0n) is 13.1. The van der Waals surface area contributed by atoms with E-state index in [0.717, 1.165) is 22.0 Å². The lowest BCUT2D eigenvalue weighted by atomic mass is 9.96. The largest absolute Gasteiger partial charge is 0.493 e. The standard InChI is InChI=1S/C18H16ClNO3/c1-10-17(11-4-7-15(22-2)16(8-11)23-3)13-9-12(19)5-6-14(13)20-18(10)21/h4-9H,1-3H3,(H,20,21). The van der Waals surface area contributed by atoms with Crippen molar-refractivity contribution >= 4 is 22.5 Å². The van der Waals surface area contributed by atoms with Crippen LogP contribution in [0.15, 0.2) is 41.2 Å². The van der Waals surface area contributed by atoms with Crippen LogP contribution >= 0.6 is 11.6 Å². The lowest BCUT2D eigenvalue weighted by molar-refractivity contribution is 0.355. The van der Waals surface area contributed by atoms with Crippen LogP contribution in [-0.4, -0.2) is 19.2 Å². The van der Waals surface area contributed by atoms with Gasteiger partial charge in [0.15, 0.2) is 11.5 Å². The highest BCUT2D eigenvalue weighted by molar-refractivity contribution is 6.31. The van der Waals surface area contributed by atoms with Gasteiger partial charge in [0.1, 0.15) is 0 Å². The lowest BCUT2D eigenvalue weighted by Gasteiger charge is -2.13. The second kappa shape index (κ2) is 5.97. The number of fused-ring (bicyclic) bond motifs is 1. The summed E-state index contributed by atoms with van der Waals surface area (Å²) in [5.74, 6) is 1.25. The molecule has 118 valence electrons. The Kier molecular flexibility index (Phi) is 4.01. The third-order valence-corrected chi connectivity index (χ3v) is 4.12. The van der Waals surface area contributed by atoms with Gasteiger partial charge in [-0.15, -0.1) is 0 Å². The lowest BCUT2D eigenvalue weighted by Crippen LogP contribution is -2.11. The minimum atomic E-state index is -0.121. The highest BCUT2D eigenvalue weighted by Gasteiger charge is 2.14. The van der Waals surface area contributed by atoms with E-state index in [9.17, 15) is 4.79 Å². The summed E-state index contributed by atoms with van der Waals surface area (Å²) in [4.78, 5) is 15.1. The Morgan fingerprint density at radius 3 is 2.43 bits per heavy atom. The molecule has 0 radical (unpaired) electrons. The number of nitrogens with one attached hydrogen (secondary N) is 1. The van der Waals surface area contributed by atoms with Gasteiger partial charge in [-0.2, -0.15) is 0 Å². The zero-order chi connectivity index (χ0) is 16.6. The molecule has 0 aliphatic rings. The third-order valence-electron chi connectivity index (χ3n) is 3.89. The molecule has 0 atom stereocenters. The molecule has 0 bridgehead atoms. The van der Waals surface area contributed by atoms with Gasteiger partial charge in [-0.1, -0.05) is 17.7 Å². The molecule has 23 heavy (non-hydrogen) atoms. The van der Waals surface area contributed by atoms with Crippen LogP contribution in [0.1, 0.15) is 5.56 Å². The third kappa shape index (κ3) is 2.66. The van der Waals surface area contributed by atoms with Crippen molar-refractivity contribution in [1.82, 2.24) is 4.98 Å². The van der Waals surface area contributed by atoms with Gasteiger partial charge in [0.25, 0.3) is 5.56 Å². The van der Waals surface area contributed by atoms with E-state index >= 15 is 0 Å². The fourth-order valence-corrected chi connectivity index (χ4v) is 2.90. The van der Waals surface area contributed by atoms with Gasteiger partial charge in [-0.25, -0.2) is 0 Å². The highest BCUT2D eigenvalue weighted by atomic mass is 35.5. The predicted octanol–water partition coefficient (Wildman–Crippen LogP) is 4.17. The summed E-state index contributed by atoms with van der Waals surface area (Å²) in [7, 11) is 3.17. The number of pyridine rings is 1. The minimum absolute atomic E-state index is 0.121. The van der Waals surface area contributed by atoms with E-state index in [-0.39, 0.29) is 5.56 Å². The molecule has 1 heterocycles. The summed E-state index contributed by atoms with van der Waals surface area (Å²) >= 11 is 6.14. The Morgan fingerprint density at radius 2 is 1.74 bits per heavy atom. The summed E-state index contributed by atoms with van der Waals surface area (Å²) < 4.78 is 10.6. The van der Waals surface area contributed by atoms with Crippen molar-refractivity contribution in [3.63, 3.8) is 0 Å². The Morgan fingerprint density at radius 1 is 1.00 bits per heavy atom. The first-order valence-electron chi connectivity index (χ1n) is 7.09. The van der Waals surface area contributed by atoms with E-state index in [1.54, 1.807) is 27.2 Å². The van der Waals surface area contributed by atoms with Crippen LogP contribution in [0.2, 0.25) is 5.02 Å². The Hall–Kier alpha value is -2.46. The van der Waals surface area contributed by atoms with Crippen molar-refractivity contribution in [3.8, 4) is 22.6 Å². The Balaban J connectivity index is 2.37. The topological polar surface area (TPSA) is 51.3 Å². The molecule has 0 aliphatic heterocycles. The summed E-state index contributed by atoms with van der Waals surface area (Å²) in [6, 6.07) is 11.0. The molecule has 2 aromatic carbocycles. The number of ether oxygens (including phenoxy) is 2. The van der Waals surface area contributed by atoms with Gasteiger partial charge in [0, 0.05) is 21.5 Å². The molecule has 0 spiro atoms. The first kappa shape index (κ1) is 15.4. The Bertz CT molecular complexity index is 947. The first-order chi connectivity index (χ1) is 11.0. The van der Waals surface area contributed by atoms with Gasteiger partial charge >= 0.3 is 0 Å². The molecule has 1 aromatic heterocycles. The normalized spacial score (nSPS) is 10.8. The summed E-state index contributed by atoms with van der Waals surface area (Å²) in [6.07, 6.45) is 0. The van der Waals surface area contributed by atoms with Crippen LogP contribution in [0.4, 0.5) is 0 Å². The van der Waals surface area contributed by atoms with Crippen molar-refractivity contribution < 1.29 is 9.47 Å². The first-order valence-corrected chi connectivity index (χ1v) is 7.47. The number of aromatic nitrogens is 1. The molecule has 1 N–H and O–H groups in total. The molecule has 0 aliphatic carbocycles. The molecular formula is C18H16ClNO3. The predicted molar refractivity (Wildman–Crippen MR) is 92.9 cm³/mol. The summed E-state index contributed by atoms with van der Waals surface area (Å²) in [5, 5.41) is 1.51. The minimum Gasteiger partial charge on any atom is -0.493 e. The average molecular weight is 330 g/mol. The maximum atomic E-state index is 12.2. The van der Waals surface area contributed by atoms with Gasteiger partial charge in [-0.3, -0.25) is 4.79 Å². The number of rotatable bonds is 3. The van der Waals surface area contributed by atoms with Gasteiger partial charge in [-0.05, 0) is 48.4 Å². The van der Waals surface area contributed by atoms with Crippen LogP contribution in [0.3, 0.4) is 0 Å². The van der Waals surface area contributed by atoms with E-state index < -0.39 is 0 Å². The number of methoxy groups -OCH3 is 2. The van der Waals surface area contributed by atoms with Crippen molar-refractivity contribution in [3.05, 3.63) is 57.3 Å². The molecule has 4 nitrogen and oxygen atoms in total. The highest BCUT2D eigenvalue weighted by Crippen LogP contribution is 2.36. The number of hydrogen-bond donors (Lipinski definition) is 1. The SMILES string of the molecule is COc1ccc(-c2c(C)c(=O)[nH]c3ccc(Cl)cc23)cc1OC. The average Bonchev–Trinajstić information content (AvgIpc) is 2.56. The van der Waals surface area contributed by atoms with Crippen LogP contribution in [-0.2, 0) is 0 Å². The molecule has 3 rings (SSSR count). The molecule has 0 saturated carbocycles. The second-order valence-corrected chi connectivity index (χ2v) is 5.65. The van der Waals surface area contributed by atoms with Gasteiger partial charge in [0.2, 0.25) is 0 Å². The van der Waals surface area contributed by atoms with E-state index in [1.807, 2.05) is 30.3 Å². The number of benzene rings is 2. The maximum absolute atomic E-state index is 12.2. The summed E-state index contributed by atoms with van der Waals surface area (Å²) in [5.41, 5.74) is 2.97. The Labute approximate surface area is 138 Å². The van der Waals surface area contributed by atoms with Crippen LogP contribution in [0.25, 0.3) is 22.0 Å². The zero-order valence-corrected chi connectivity index (χ0v) is 13.8. The van der Waals surface area contributed by atoms with Gasteiger partial charge < -0.3 is 14.5 Å². The number of H-pyrrole nitrogens is 1. The van der Waals surface area contributed by atoms with Gasteiger partial charge in [0.05, 0.1) is 14.2 Å². The monoisotopic (exact) mass is 329 g/mol. The van der Waals surface area contributed by atoms with Crippen molar-refractivity contribution in [2.75, 3.05) is 14.2 Å². The second-order valence-electron chi connectivity index (χ2n) is 5.21. The van der Waals surface area contributed by atoms with Crippen molar-refractivity contribution in [2.24, 2.45) is 0 Å². The quantitative estimate of drug-likeness (QED) is 0.784. The van der Waals surface area contributed by atoms with Crippen molar-refractivity contribution in [1.29, 1.82) is 0 Å². The number of hydrogen-bond acceptors (Lipinski definition) is 3. The van der Waals surface area contributed by atoms with E-state index in [4.69, 9.17) is 21.1 Å². The van der Waals surface area contributed by atoms with E-state index in [2.05, 4.69) is 4.98 Å². The maximum Gasteiger partial charge on any atom is 0.251 e. The number of halogens is 1. The molecule has 0 unspecified atom stereocenters. The van der Waals surface area contributed by atoms with Crippen molar-refractivity contribution in [2.45, 2.75) is 6.92 Å². The fourth-order valence-electron chi connectivity index (χ4n) is 2.73. The molecule has 3 aromatic rings. The molecule has 0 amide bonds. The van der Waals surface area contributed by atoms with Crippen LogP contribution < -0.4 is 15.0 Å². The molecule has 0 saturated heterocycles. The molecule has 5 heteroatoms. The van der Waals surface area contributed by atoms with Crippen LogP contribution in [0, 0.1) is 6.92 Å². The number of aromatic amines is 1. The van der Waals surface area contributed by atoms with E-state index in [1.165, 1.54) is 0 Å². The molecular weight excluding hydrogens is 314 g/mol. The van der Waals surface area contributed by atoms with Crippen LogP contribution in [0.5, 0.6) is 11.5 Å².